The number of aromatic nitrogens is 2. The van der Waals surface area contributed by atoms with Crippen LogP contribution in [0.25, 0.3) is 10.3 Å². The van der Waals surface area contributed by atoms with E-state index in [9.17, 15) is 4.79 Å². The number of carbonyl (C=O) groups excluding carboxylic acids is 1. The van der Waals surface area contributed by atoms with Gasteiger partial charge in [-0.15, -0.1) is 0 Å². The highest BCUT2D eigenvalue weighted by molar-refractivity contribution is 7.21. The molecule has 1 saturated carbocycles. The van der Waals surface area contributed by atoms with E-state index in [2.05, 4.69) is 14.8 Å². The zero-order valence-electron chi connectivity index (χ0n) is 16.2. The van der Waals surface area contributed by atoms with Gasteiger partial charge in [-0.25, -0.2) is 9.97 Å². The lowest BCUT2D eigenvalue weighted by Crippen LogP contribution is -2.54. The van der Waals surface area contributed by atoms with Gasteiger partial charge in [0, 0.05) is 37.4 Å². The van der Waals surface area contributed by atoms with Crippen LogP contribution in [0.3, 0.4) is 0 Å². The van der Waals surface area contributed by atoms with Gasteiger partial charge in [-0.05, 0) is 42.7 Å². The average molecular weight is 427 g/mol. The molecule has 2 aliphatic rings. The monoisotopic (exact) mass is 426 g/mol. The molecule has 1 amide bonds. The van der Waals surface area contributed by atoms with E-state index in [0.29, 0.717) is 5.02 Å². The Bertz CT molecular complexity index is 988. The number of thiazole rings is 1. The van der Waals surface area contributed by atoms with Gasteiger partial charge in [0.15, 0.2) is 5.13 Å². The SMILES string of the molecule is O=C(N1CCN(c2nc3cccnc3s2)CC1)C1(c2ccc(Cl)cc2)CCCC1. The quantitative estimate of drug-likeness (QED) is 0.618. The first kappa shape index (κ1) is 18.8. The molecule has 1 aliphatic carbocycles. The van der Waals surface area contributed by atoms with Crippen molar-refractivity contribution in [3.05, 3.63) is 53.2 Å². The molecule has 0 atom stereocenters. The number of hydrogen-bond donors (Lipinski definition) is 0. The molecule has 1 aliphatic heterocycles. The van der Waals surface area contributed by atoms with Crippen LogP contribution in [0.15, 0.2) is 42.6 Å². The zero-order valence-corrected chi connectivity index (χ0v) is 17.8. The fraction of sp³-hybridized carbons (Fsp3) is 0.409. The molecule has 2 fully saturated rings. The Morgan fingerprint density at radius 1 is 1.03 bits per heavy atom. The van der Waals surface area contributed by atoms with Gasteiger partial charge in [-0.2, -0.15) is 0 Å². The second-order valence-corrected chi connectivity index (χ2v) is 9.29. The Hall–Kier alpha value is -2.18. The van der Waals surface area contributed by atoms with Crippen LogP contribution in [0.5, 0.6) is 0 Å². The lowest BCUT2D eigenvalue weighted by molar-refractivity contribution is -0.137. The number of halogens is 1. The lowest BCUT2D eigenvalue weighted by Gasteiger charge is -2.40. The largest absolute Gasteiger partial charge is 0.344 e. The number of rotatable bonds is 3. The Morgan fingerprint density at radius 2 is 1.76 bits per heavy atom. The van der Waals surface area contributed by atoms with Crippen LogP contribution in [-0.4, -0.2) is 47.0 Å². The van der Waals surface area contributed by atoms with E-state index in [-0.39, 0.29) is 11.3 Å². The average Bonchev–Trinajstić information content (AvgIpc) is 3.42. The van der Waals surface area contributed by atoms with E-state index < -0.39 is 0 Å². The summed E-state index contributed by atoms with van der Waals surface area (Å²) in [7, 11) is 0. The van der Waals surface area contributed by atoms with Crippen LogP contribution in [0, 0.1) is 0 Å². The van der Waals surface area contributed by atoms with Gasteiger partial charge in [0.2, 0.25) is 5.91 Å². The molecule has 3 aromatic rings. The van der Waals surface area contributed by atoms with Gasteiger partial charge in [-0.1, -0.05) is 47.9 Å². The standard InChI is InChI=1S/C22H23ClN4OS/c23-17-7-5-16(6-8-17)22(9-1-2-10-22)20(28)26-12-14-27(15-13-26)21-25-18-4-3-11-24-19(18)29-21/h3-8,11H,1-2,9-10,12-15H2. The minimum atomic E-state index is -0.382. The molecular weight excluding hydrogens is 404 g/mol. The van der Waals surface area contributed by atoms with Crippen molar-refractivity contribution < 1.29 is 4.79 Å². The van der Waals surface area contributed by atoms with Gasteiger partial charge in [0.1, 0.15) is 10.3 Å². The highest BCUT2D eigenvalue weighted by atomic mass is 35.5. The fourth-order valence-electron chi connectivity index (χ4n) is 4.67. The van der Waals surface area contributed by atoms with Crippen molar-refractivity contribution in [2.45, 2.75) is 31.1 Å². The summed E-state index contributed by atoms with van der Waals surface area (Å²) in [5, 5.41) is 1.72. The Morgan fingerprint density at radius 3 is 2.45 bits per heavy atom. The van der Waals surface area contributed by atoms with Crippen LogP contribution in [0.2, 0.25) is 5.02 Å². The number of piperazine rings is 1. The topological polar surface area (TPSA) is 49.3 Å². The van der Waals surface area contributed by atoms with E-state index in [0.717, 1.165) is 72.9 Å². The molecule has 0 radical (unpaired) electrons. The van der Waals surface area contributed by atoms with Crippen molar-refractivity contribution >= 4 is 44.3 Å². The highest BCUT2D eigenvalue weighted by Gasteiger charge is 2.45. The van der Waals surface area contributed by atoms with E-state index >= 15 is 0 Å². The first-order valence-electron chi connectivity index (χ1n) is 10.2. The van der Waals surface area contributed by atoms with Crippen LogP contribution >= 0.6 is 22.9 Å². The second kappa shape index (κ2) is 7.58. The van der Waals surface area contributed by atoms with E-state index in [1.807, 2.05) is 36.4 Å². The lowest BCUT2D eigenvalue weighted by atomic mass is 9.77. The molecule has 7 heteroatoms. The first-order chi connectivity index (χ1) is 14.2. The molecule has 0 N–H and O–H groups in total. The Kier molecular flexibility index (Phi) is 4.92. The van der Waals surface area contributed by atoms with E-state index in [4.69, 9.17) is 16.6 Å². The predicted octanol–water partition coefficient (Wildman–Crippen LogP) is 4.51. The summed E-state index contributed by atoms with van der Waals surface area (Å²) in [5.74, 6) is 0.280. The molecule has 2 aromatic heterocycles. The number of pyridine rings is 1. The van der Waals surface area contributed by atoms with E-state index in [1.165, 1.54) is 0 Å². The third kappa shape index (κ3) is 3.38. The molecule has 5 nitrogen and oxygen atoms in total. The molecule has 0 spiro atoms. The third-order valence-electron chi connectivity index (χ3n) is 6.26. The molecule has 1 aromatic carbocycles. The Balaban J connectivity index is 1.32. The fourth-order valence-corrected chi connectivity index (χ4v) is 5.76. The number of benzene rings is 1. The zero-order chi connectivity index (χ0) is 19.8. The van der Waals surface area contributed by atoms with Crippen molar-refractivity contribution in [3.8, 4) is 0 Å². The second-order valence-electron chi connectivity index (χ2n) is 7.90. The summed E-state index contributed by atoms with van der Waals surface area (Å²) >= 11 is 7.71. The smallest absolute Gasteiger partial charge is 0.233 e. The minimum absolute atomic E-state index is 0.280. The number of nitrogens with zero attached hydrogens (tertiary/aromatic N) is 4. The van der Waals surface area contributed by atoms with E-state index in [1.54, 1.807) is 17.5 Å². The number of carbonyl (C=O) groups is 1. The summed E-state index contributed by atoms with van der Waals surface area (Å²) in [4.78, 5) is 28.1. The van der Waals surface area contributed by atoms with Gasteiger partial charge in [-0.3, -0.25) is 4.79 Å². The number of amides is 1. The van der Waals surface area contributed by atoms with Gasteiger partial charge in [0.25, 0.3) is 0 Å². The highest BCUT2D eigenvalue weighted by Crippen LogP contribution is 2.43. The Labute approximate surface area is 179 Å². The normalized spacial score (nSPS) is 19.1. The van der Waals surface area contributed by atoms with Gasteiger partial charge in [0.05, 0.1) is 5.41 Å². The summed E-state index contributed by atoms with van der Waals surface area (Å²) in [5.41, 5.74) is 1.68. The molecule has 3 heterocycles. The molecule has 1 saturated heterocycles. The van der Waals surface area contributed by atoms with Gasteiger partial charge < -0.3 is 9.80 Å². The minimum Gasteiger partial charge on any atom is -0.344 e. The summed E-state index contributed by atoms with van der Waals surface area (Å²) in [6.45, 7) is 3.08. The molecule has 29 heavy (non-hydrogen) atoms. The van der Waals surface area contributed by atoms with Crippen molar-refractivity contribution in [3.63, 3.8) is 0 Å². The molecule has 5 rings (SSSR count). The van der Waals surface area contributed by atoms with Crippen molar-refractivity contribution in [1.29, 1.82) is 0 Å². The van der Waals surface area contributed by atoms with Crippen molar-refractivity contribution in [2.24, 2.45) is 0 Å². The first-order valence-corrected chi connectivity index (χ1v) is 11.4. The molecule has 0 bridgehead atoms. The predicted molar refractivity (Wildman–Crippen MR) is 118 cm³/mol. The van der Waals surface area contributed by atoms with Crippen LogP contribution in [0.1, 0.15) is 31.2 Å². The maximum atomic E-state index is 13.6. The number of hydrogen-bond acceptors (Lipinski definition) is 5. The summed E-state index contributed by atoms with van der Waals surface area (Å²) in [6.07, 6.45) is 5.87. The molecular formula is C22H23ClN4OS. The van der Waals surface area contributed by atoms with Crippen LogP contribution in [-0.2, 0) is 10.2 Å². The number of anilines is 1. The van der Waals surface area contributed by atoms with Crippen LogP contribution < -0.4 is 4.90 Å². The molecule has 150 valence electrons. The number of fused-ring (bicyclic) bond motifs is 1. The van der Waals surface area contributed by atoms with Gasteiger partial charge >= 0.3 is 0 Å². The summed E-state index contributed by atoms with van der Waals surface area (Å²) in [6, 6.07) is 11.8. The summed E-state index contributed by atoms with van der Waals surface area (Å²) < 4.78 is 0. The van der Waals surface area contributed by atoms with Crippen molar-refractivity contribution in [2.75, 3.05) is 31.1 Å². The third-order valence-corrected chi connectivity index (χ3v) is 7.55. The maximum Gasteiger partial charge on any atom is 0.233 e. The van der Waals surface area contributed by atoms with Crippen LogP contribution in [0.4, 0.5) is 5.13 Å². The van der Waals surface area contributed by atoms with Crippen molar-refractivity contribution in [1.82, 2.24) is 14.9 Å². The molecule has 0 unspecified atom stereocenters. The maximum absolute atomic E-state index is 13.6.